The van der Waals surface area contributed by atoms with Crippen LogP contribution in [0.4, 0.5) is 0 Å². The molecule has 6 heteroatoms. The van der Waals surface area contributed by atoms with Gasteiger partial charge >= 0.3 is 0 Å². The molecule has 0 aliphatic carbocycles. The Bertz CT molecular complexity index is 496. The fraction of sp³-hybridized carbons (Fsp3) is 0.462. The highest BCUT2D eigenvalue weighted by molar-refractivity contribution is 7.98. The van der Waals surface area contributed by atoms with Crippen molar-refractivity contribution in [3.8, 4) is 0 Å². The van der Waals surface area contributed by atoms with Gasteiger partial charge in [-0.25, -0.2) is 0 Å². The molecule has 0 saturated carbocycles. The number of piperazine rings is 1. The minimum Gasteiger partial charge on any atom is -0.336 e. The molecule has 1 N–H and O–H groups in total. The van der Waals surface area contributed by atoms with Crippen LogP contribution in [0.15, 0.2) is 17.0 Å². The second-order valence-electron chi connectivity index (χ2n) is 4.57. The fourth-order valence-electron chi connectivity index (χ4n) is 2.14. The number of benzene rings is 1. The van der Waals surface area contributed by atoms with E-state index in [1.165, 1.54) is 11.8 Å². The molecule has 1 aliphatic heterocycles. The Kier molecular flexibility index (Phi) is 5.01. The van der Waals surface area contributed by atoms with Crippen LogP contribution in [0.3, 0.4) is 0 Å². The number of amides is 1. The number of thioether (sulfide) groups is 1. The second-order valence-corrected chi connectivity index (χ2v) is 6.24. The zero-order valence-corrected chi connectivity index (χ0v) is 13.2. The van der Waals surface area contributed by atoms with Gasteiger partial charge in [-0.3, -0.25) is 4.79 Å². The van der Waals surface area contributed by atoms with Gasteiger partial charge in [0.1, 0.15) is 0 Å². The summed E-state index contributed by atoms with van der Waals surface area (Å²) in [6.07, 6.45) is 1.93. The van der Waals surface area contributed by atoms with Gasteiger partial charge in [0.2, 0.25) is 0 Å². The van der Waals surface area contributed by atoms with Crippen molar-refractivity contribution in [3.05, 3.63) is 27.7 Å². The van der Waals surface area contributed by atoms with E-state index in [0.29, 0.717) is 34.7 Å². The lowest BCUT2D eigenvalue weighted by atomic mass is 10.1. The third-order valence-corrected chi connectivity index (χ3v) is 4.64. The van der Waals surface area contributed by atoms with Crippen LogP contribution in [0.25, 0.3) is 0 Å². The van der Waals surface area contributed by atoms with Crippen LogP contribution in [0.1, 0.15) is 17.3 Å². The number of carbonyl (C=O) groups is 1. The number of carbonyl (C=O) groups excluding carboxylic acids is 1. The second kappa shape index (κ2) is 6.35. The van der Waals surface area contributed by atoms with E-state index in [4.69, 9.17) is 23.2 Å². The van der Waals surface area contributed by atoms with E-state index >= 15 is 0 Å². The summed E-state index contributed by atoms with van der Waals surface area (Å²) in [4.78, 5) is 15.2. The van der Waals surface area contributed by atoms with Gasteiger partial charge in [0.15, 0.2) is 0 Å². The van der Waals surface area contributed by atoms with Crippen LogP contribution in [-0.2, 0) is 0 Å². The van der Waals surface area contributed by atoms with E-state index < -0.39 is 0 Å². The molecule has 0 radical (unpaired) electrons. The Morgan fingerprint density at radius 2 is 2.16 bits per heavy atom. The molecule has 104 valence electrons. The van der Waals surface area contributed by atoms with Crippen molar-refractivity contribution >= 4 is 40.9 Å². The van der Waals surface area contributed by atoms with E-state index in [-0.39, 0.29) is 5.91 Å². The summed E-state index contributed by atoms with van der Waals surface area (Å²) in [7, 11) is 0. The van der Waals surface area contributed by atoms with E-state index in [9.17, 15) is 4.79 Å². The third kappa shape index (κ3) is 3.37. The molecule has 1 aromatic carbocycles. The number of hydrogen-bond acceptors (Lipinski definition) is 3. The van der Waals surface area contributed by atoms with Gasteiger partial charge in [0, 0.05) is 30.6 Å². The number of nitrogens with one attached hydrogen (secondary N) is 1. The number of hydrogen-bond donors (Lipinski definition) is 1. The van der Waals surface area contributed by atoms with Gasteiger partial charge in [-0.15, -0.1) is 11.8 Å². The summed E-state index contributed by atoms with van der Waals surface area (Å²) in [5.74, 6) is -0.0229. The van der Waals surface area contributed by atoms with Crippen molar-refractivity contribution < 1.29 is 4.79 Å². The summed E-state index contributed by atoms with van der Waals surface area (Å²) < 4.78 is 0. The Morgan fingerprint density at radius 3 is 2.79 bits per heavy atom. The van der Waals surface area contributed by atoms with Crippen molar-refractivity contribution in [2.75, 3.05) is 25.9 Å². The first-order valence-corrected chi connectivity index (χ1v) is 8.06. The molecule has 1 aromatic rings. The van der Waals surface area contributed by atoms with Crippen LogP contribution in [0.2, 0.25) is 10.0 Å². The van der Waals surface area contributed by atoms with Crippen molar-refractivity contribution in [2.24, 2.45) is 0 Å². The van der Waals surface area contributed by atoms with Crippen LogP contribution in [0, 0.1) is 0 Å². The van der Waals surface area contributed by atoms with Crippen LogP contribution < -0.4 is 5.32 Å². The normalized spacial score (nSPS) is 19.6. The minimum absolute atomic E-state index is 0.0229. The van der Waals surface area contributed by atoms with Crippen molar-refractivity contribution in [1.82, 2.24) is 10.2 Å². The monoisotopic (exact) mass is 318 g/mol. The topological polar surface area (TPSA) is 32.3 Å². The molecule has 0 aromatic heterocycles. The van der Waals surface area contributed by atoms with Gasteiger partial charge in [0.25, 0.3) is 5.91 Å². The number of rotatable bonds is 2. The highest BCUT2D eigenvalue weighted by Gasteiger charge is 2.24. The maximum atomic E-state index is 12.5. The fourth-order valence-corrected chi connectivity index (χ4v) is 3.32. The number of nitrogens with zero attached hydrogens (tertiary/aromatic N) is 1. The quantitative estimate of drug-likeness (QED) is 0.850. The summed E-state index contributed by atoms with van der Waals surface area (Å²) in [5, 5.41) is 4.31. The predicted molar refractivity (Wildman–Crippen MR) is 81.6 cm³/mol. The molecular formula is C13H16Cl2N2OS. The zero-order valence-electron chi connectivity index (χ0n) is 10.9. The maximum Gasteiger partial charge on any atom is 0.255 e. The van der Waals surface area contributed by atoms with Crippen LogP contribution in [0.5, 0.6) is 0 Å². The Labute approximate surface area is 127 Å². The van der Waals surface area contributed by atoms with Crippen LogP contribution in [-0.4, -0.2) is 42.7 Å². The van der Waals surface area contributed by atoms with Crippen molar-refractivity contribution in [1.29, 1.82) is 0 Å². The first kappa shape index (κ1) is 15.0. The van der Waals surface area contributed by atoms with Gasteiger partial charge < -0.3 is 10.2 Å². The van der Waals surface area contributed by atoms with Crippen molar-refractivity contribution in [3.63, 3.8) is 0 Å². The lowest BCUT2D eigenvalue weighted by Crippen LogP contribution is -2.51. The minimum atomic E-state index is -0.0229. The average molecular weight is 319 g/mol. The Hall–Kier alpha value is -0.420. The van der Waals surface area contributed by atoms with Gasteiger partial charge in [-0.05, 0) is 25.3 Å². The van der Waals surface area contributed by atoms with E-state index in [0.717, 1.165) is 11.4 Å². The lowest BCUT2D eigenvalue weighted by molar-refractivity contribution is 0.0709. The summed E-state index contributed by atoms with van der Waals surface area (Å²) in [6.45, 7) is 4.28. The first-order valence-electron chi connectivity index (χ1n) is 6.08. The number of halogens is 2. The van der Waals surface area contributed by atoms with Gasteiger partial charge in [-0.1, -0.05) is 23.2 Å². The largest absolute Gasteiger partial charge is 0.336 e. The molecule has 1 fully saturated rings. The summed E-state index contributed by atoms with van der Waals surface area (Å²) in [5.41, 5.74) is 0.532. The van der Waals surface area contributed by atoms with Gasteiger partial charge in [0.05, 0.1) is 15.6 Å². The average Bonchev–Trinajstić information content (AvgIpc) is 2.38. The zero-order chi connectivity index (χ0) is 14.0. The van der Waals surface area contributed by atoms with Crippen LogP contribution >= 0.6 is 35.0 Å². The molecule has 1 heterocycles. The molecule has 2 rings (SSSR count). The molecule has 1 saturated heterocycles. The summed E-state index contributed by atoms with van der Waals surface area (Å²) in [6, 6.07) is 3.74. The van der Waals surface area contributed by atoms with E-state index in [2.05, 4.69) is 12.2 Å². The Morgan fingerprint density at radius 1 is 1.42 bits per heavy atom. The Balaban J connectivity index is 2.27. The first-order chi connectivity index (χ1) is 9.02. The molecule has 1 amide bonds. The standard InChI is InChI=1S/C13H16Cl2N2OS/c1-8-7-17(4-3-16-8)13(18)9-5-12(19-2)11(15)6-10(9)14/h5-6,8,16H,3-4,7H2,1-2H3. The van der Waals surface area contributed by atoms with E-state index in [1.54, 1.807) is 12.1 Å². The summed E-state index contributed by atoms with van der Waals surface area (Å²) >= 11 is 13.7. The third-order valence-electron chi connectivity index (χ3n) is 3.13. The van der Waals surface area contributed by atoms with Crippen molar-refractivity contribution in [2.45, 2.75) is 17.9 Å². The molecule has 19 heavy (non-hydrogen) atoms. The maximum absolute atomic E-state index is 12.5. The SMILES string of the molecule is CSc1cc(C(=O)N2CCNC(C)C2)c(Cl)cc1Cl. The molecular weight excluding hydrogens is 303 g/mol. The molecule has 1 atom stereocenters. The predicted octanol–water partition coefficient (Wildman–Crippen LogP) is 3.15. The molecule has 1 unspecified atom stereocenters. The lowest BCUT2D eigenvalue weighted by Gasteiger charge is -2.32. The molecule has 1 aliphatic rings. The highest BCUT2D eigenvalue weighted by Crippen LogP contribution is 2.31. The smallest absolute Gasteiger partial charge is 0.255 e. The van der Waals surface area contributed by atoms with E-state index in [1.807, 2.05) is 11.2 Å². The molecule has 0 bridgehead atoms. The molecule has 3 nitrogen and oxygen atoms in total. The van der Waals surface area contributed by atoms with Gasteiger partial charge in [-0.2, -0.15) is 0 Å². The highest BCUT2D eigenvalue weighted by atomic mass is 35.5. The molecule has 0 spiro atoms.